The molecule has 7 nitrogen and oxygen atoms in total. The number of nitrogens with one attached hydrogen (secondary N) is 1. The molecule has 0 aliphatic carbocycles. The SMILES string of the molecule is CN1CCCCC/C1=N/S(=O)(=O)c1cccc(NS(=O)(=O)c2ccc3ccccc3c2)c1. The van der Waals surface area contributed by atoms with Crippen LogP contribution in [-0.2, 0) is 20.0 Å². The summed E-state index contributed by atoms with van der Waals surface area (Å²) in [6, 6.07) is 18.1. The molecule has 9 heteroatoms. The maximum Gasteiger partial charge on any atom is 0.284 e. The number of hydrogen-bond donors (Lipinski definition) is 1. The van der Waals surface area contributed by atoms with Gasteiger partial charge in [0.15, 0.2) is 0 Å². The van der Waals surface area contributed by atoms with Crippen molar-refractivity contribution in [2.24, 2.45) is 4.40 Å². The van der Waals surface area contributed by atoms with Gasteiger partial charge in [0, 0.05) is 20.0 Å². The average molecular weight is 472 g/mol. The number of rotatable bonds is 5. The Hall–Kier alpha value is -2.91. The highest BCUT2D eigenvalue weighted by molar-refractivity contribution is 7.92. The number of hydrogen-bond acceptors (Lipinski definition) is 4. The van der Waals surface area contributed by atoms with Gasteiger partial charge < -0.3 is 4.90 Å². The lowest BCUT2D eigenvalue weighted by Crippen LogP contribution is -2.26. The van der Waals surface area contributed by atoms with Gasteiger partial charge in [-0.3, -0.25) is 4.72 Å². The summed E-state index contributed by atoms with van der Waals surface area (Å²) >= 11 is 0. The fourth-order valence-corrected chi connectivity index (χ4v) is 5.93. The molecule has 0 unspecified atom stereocenters. The predicted molar refractivity (Wildman–Crippen MR) is 127 cm³/mol. The molecule has 1 fully saturated rings. The van der Waals surface area contributed by atoms with Crippen molar-refractivity contribution in [3.63, 3.8) is 0 Å². The van der Waals surface area contributed by atoms with Crippen LogP contribution in [0.25, 0.3) is 10.8 Å². The van der Waals surface area contributed by atoms with Crippen molar-refractivity contribution in [2.45, 2.75) is 35.5 Å². The molecule has 0 spiro atoms. The van der Waals surface area contributed by atoms with E-state index in [-0.39, 0.29) is 15.5 Å². The zero-order valence-corrected chi connectivity index (χ0v) is 19.4. The summed E-state index contributed by atoms with van der Waals surface area (Å²) in [6.07, 6.45) is 3.53. The van der Waals surface area contributed by atoms with Crippen LogP contribution in [0.4, 0.5) is 5.69 Å². The molecule has 0 amide bonds. The Morgan fingerprint density at radius 1 is 0.812 bits per heavy atom. The third-order valence-corrected chi connectivity index (χ3v) is 8.16. The van der Waals surface area contributed by atoms with Gasteiger partial charge in [-0.2, -0.15) is 8.42 Å². The zero-order valence-electron chi connectivity index (χ0n) is 17.7. The van der Waals surface area contributed by atoms with Gasteiger partial charge in [0.1, 0.15) is 5.84 Å². The van der Waals surface area contributed by atoms with E-state index in [0.29, 0.717) is 12.3 Å². The molecule has 0 radical (unpaired) electrons. The highest BCUT2D eigenvalue weighted by atomic mass is 32.2. The Morgan fingerprint density at radius 2 is 1.59 bits per heavy atom. The highest BCUT2D eigenvalue weighted by Crippen LogP contribution is 2.24. The fraction of sp³-hybridized carbons (Fsp3) is 0.261. The Bertz CT molecular complexity index is 1380. The minimum Gasteiger partial charge on any atom is -0.362 e. The number of likely N-dealkylation sites (tertiary alicyclic amines) is 1. The lowest BCUT2D eigenvalue weighted by Gasteiger charge is -2.17. The second-order valence-corrected chi connectivity index (χ2v) is 11.1. The predicted octanol–water partition coefficient (Wildman–Crippen LogP) is 4.23. The summed E-state index contributed by atoms with van der Waals surface area (Å²) in [5.74, 6) is 0.532. The summed E-state index contributed by atoms with van der Waals surface area (Å²) in [5.41, 5.74) is 0.161. The van der Waals surface area contributed by atoms with Crippen molar-refractivity contribution < 1.29 is 16.8 Å². The monoisotopic (exact) mass is 471 g/mol. The van der Waals surface area contributed by atoms with E-state index < -0.39 is 20.0 Å². The molecule has 1 aliphatic rings. The van der Waals surface area contributed by atoms with E-state index in [9.17, 15) is 16.8 Å². The van der Waals surface area contributed by atoms with Crippen molar-refractivity contribution in [3.05, 3.63) is 66.7 Å². The van der Waals surface area contributed by atoms with Gasteiger partial charge in [0.2, 0.25) is 0 Å². The summed E-state index contributed by atoms with van der Waals surface area (Å²) in [7, 11) is -6.02. The number of fused-ring (bicyclic) bond motifs is 1. The first-order valence-electron chi connectivity index (χ1n) is 10.4. The molecule has 168 valence electrons. The number of amidine groups is 1. The molecule has 1 saturated heterocycles. The molecular weight excluding hydrogens is 446 g/mol. The van der Waals surface area contributed by atoms with Gasteiger partial charge in [-0.05, 0) is 53.9 Å². The quantitative estimate of drug-likeness (QED) is 0.601. The van der Waals surface area contributed by atoms with Gasteiger partial charge in [-0.1, -0.05) is 42.8 Å². The second-order valence-electron chi connectivity index (χ2n) is 7.86. The first-order chi connectivity index (χ1) is 15.2. The van der Waals surface area contributed by atoms with E-state index in [4.69, 9.17) is 0 Å². The molecule has 0 saturated carbocycles. The zero-order chi connectivity index (χ0) is 22.8. The van der Waals surface area contributed by atoms with Crippen LogP contribution in [-0.4, -0.2) is 41.2 Å². The fourth-order valence-electron chi connectivity index (χ4n) is 3.70. The smallest absolute Gasteiger partial charge is 0.284 e. The van der Waals surface area contributed by atoms with Gasteiger partial charge in [-0.25, -0.2) is 8.42 Å². The van der Waals surface area contributed by atoms with Crippen molar-refractivity contribution in [3.8, 4) is 0 Å². The van der Waals surface area contributed by atoms with Gasteiger partial charge in [0.25, 0.3) is 20.0 Å². The van der Waals surface area contributed by atoms with Crippen LogP contribution in [0, 0.1) is 0 Å². The van der Waals surface area contributed by atoms with E-state index in [0.717, 1.165) is 36.6 Å². The molecule has 32 heavy (non-hydrogen) atoms. The van der Waals surface area contributed by atoms with Crippen LogP contribution in [0.15, 0.2) is 80.9 Å². The Balaban J connectivity index is 1.62. The maximum atomic E-state index is 12.9. The summed E-state index contributed by atoms with van der Waals surface area (Å²) in [4.78, 5) is 1.92. The van der Waals surface area contributed by atoms with Crippen molar-refractivity contribution in [1.29, 1.82) is 0 Å². The van der Waals surface area contributed by atoms with Crippen molar-refractivity contribution in [2.75, 3.05) is 18.3 Å². The molecular formula is C23H25N3O4S2. The van der Waals surface area contributed by atoms with Crippen LogP contribution < -0.4 is 4.72 Å². The normalized spacial score (nSPS) is 16.8. The molecule has 3 aromatic carbocycles. The Morgan fingerprint density at radius 3 is 2.41 bits per heavy atom. The molecule has 0 bridgehead atoms. The molecule has 4 rings (SSSR count). The third-order valence-electron chi connectivity index (χ3n) is 5.48. The van der Waals surface area contributed by atoms with Crippen molar-refractivity contribution >= 4 is 42.3 Å². The van der Waals surface area contributed by atoms with E-state index in [2.05, 4.69) is 9.12 Å². The maximum absolute atomic E-state index is 12.9. The molecule has 0 atom stereocenters. The molecule has 0 aromatic heterocycles. The molecule has 1 heterocycles. The van der Waals surface area contributed by atoms with E-state index in [1.807, 2.05) is 36.2 Å². The lowest BCUT2D eigenvalue weighted by molar-refractivity contribution is 0.494. The number of anilines is 1. The molecule has 1 N–H and O–H groups in total. The van der Waals surface area contributed by atoms with Gasteiger partial charge in [-0.15, -0.1) is 4.40 Å². The van der Waals surface area contributed by atoms with Crippen LogP contribution in [0.5, 0.6) is 0 Å². The van der Waals surface area contributed by atoms with Crippen LogP contribution >= 0.6 is 0 Å². The van der Waals surface area contributed by atoms with E-state index in [1.54, 1.807) is 12.1 Å². The van der Waals surface area contributed by atoms with E-state index >= 15 is 0 Å². The first-order valence-corrected chi connectivity index (χ1v) is 13.3. The minimum atomic E-state index is -3.97. The van der Waals surface area contributed by atoms with Crippen LogP contribution in [0.3, 0.4) is 0 Å². The lowest BCUT2D eigenvalue weighted by atomic mass is 10.1. The van der Waals surface area contributed by atoms with Crippen molar-refractivity contribution in [1.82, 2.24) is 4.90 Å². The molecule has 1 aliphatic heterocycles. The van der Waals surface area contributed by atoms with E-state index in [1.165, 1.54) is 30.3 Å². The summed E-state index contributed by atoms with van der Waals surface area (Å²) in [5, 5.41) is 1.73. The Labute approximate surface area is 188 Å². The largest absolute Gasteiger partial charge is 0.362 e. The topological polar surface area (TPSA) is 95.9 Å². The number of sulfonamides is 2. The standard InChI is InChI=1S/C23H25N3O4S2/c1-26-15-6-2-3-12-23(26)25-32(29,30)21-11-7-10-20(17-21)24-31(27,28)22-14-13-18-8-4-5-9-19(18)16-22/h4-5,7-11,13-14,16-17,24H,2-3,6,12,15H2,1H3/b25-23-. The minimum absolute atomic E-state index is 0.0543. The average Bonchev–Trinajstić information content (AvgIpc) is 2.97. The van der Waals surface area contributed by atoms with Crippen LogP contribution in [0.1, 0.15) is 25.7 Å². The highest BCUT2D eigenvalue weighted by Gasteiger charge is 2.20. The Kier molecular flexibility index (Phi) is 6.21. The summed E-state index contributed by atoms with van der Waals surface area (Å²) in [6.45, 7) is 0.764. The number of benzene rings is 3. The second kappa shape index (κ2) is 8.91. The summed E-state index contributed by atoms with van der Waals surface area (Å²) < 4.78 is 58.2. The first kappa shape index (κ1) is 22.3. The number of nitrogens with zero attached hydrogens (tertiary/aromatic N) is 2. The van der Waals surface area contributed by atoms with Crippen LogP contribution in [0.2, 0.25) is 0 Å². The molecule has 3 aromatic rings. The van der Waals surface area contributed by atoms with Gasteiger partial charge >= 0.3 is 0 Å². The van der Waals surface area contributed by atoms with Gasteiger partial charge in [0.05, 0.1) is 15.5 Å². The third kappa shape index (κ3) is 4.94.